The minimum absolute atomic E-state index is 0.238. The Bertz CT molecular complexity index is 403. The van der Waals surface area contributed by atoms with Gasteiger partial charge < -0.3 is 0 Å². The molecular weight excluding hydrogens is 212 g/mol. The van der Waals surface area contributed by atoms with E-state index in [-0.39, 0.29) is 5.92 Å². The first-order valence-electron chi connectivity index (χ1n) is 6.34. The number of ketones is 1. The van der Waals surface area contributed by atoms with Crippen LogP contribution < -0.4 is 0 Å². The highest BCUT2D eigenvalue weighted by atomic mass is 16.1. The van der Waals surface area contributed by atoms with Gasteiger partial charge in [0.05, 0.1) is 0 Å². The summed E-state index contributed by atoms with van der Waals surface area (Å²) >= 11 is 0. The van der Waals surface area contributed by atoms with Crippen molar-refractivity contribution in [3.63, 3.8) is 0 Å². The standard InChI is InChI=1S/C14H20N2O/c1-3-13-10-16(5-4-14(13)17)9-12-6-11(2)7-15-8-12/h6-8,13H,3-5,9-10H2,1-2H3. The van der Waals surface area contributed by atoms with Crippen molar-refractivity contribution in [2.75, 3.05) is 13.1 Å². The first-order valence-corrected chi connectivity index (χ1v) is 6.34. The van der Waals surface area contributed by atoms with E-state index in [2.05, 4.69) is 29.8 Å². The fourth-order valence-electron chi connectivity index (χ4n) is 2.44. The van der Waals surface area contributed by atoms with Crippen LogP contribution in [0.3, 0.4) is 0 Å². The molecule has 0 radical (unpaired) electrons. The topological polar surface area (TPSA) is 33.2 Å². The molecule has 1 aromatic heterocycles. The summed E-state index contributed by atoms with van der Waals surface area (Å²) in [6, 6.07) is 2.17. The van der Waals surface area contributed by atoms with Crippen LogP contribution in [-0.4, -0.2) is 28.8 Å². The third kappa shape index (κ3) is 3.13. The van der Waals surface area contributed by atoms with Crippen LogP contribution in [0.2, 0.25) is 0 Å². The number of Topliss-reactive ketones (excluding diaryl/α,β-unsaturated/α-hetero) is 1. The van der Waals surface area contributed by atoms with Crippen LogP contribution in [0.4, 0.5) is 0 Å². The lowest BCUT2D eigenvalue weighted by atomic mass is 9.94. The summed E-state index contributed by atoms with van der Waals surface area (Å²) in [5, 5.41) is 0. The zero-order valence-electron chi connectivity index (χ0n) is 10.6. The van der Waals surface area contributed by atoms with Crippen molar-refractivity contribution in [1.29, 1.82) is 0 Å². The summed E-state index contributed by atoms with van der Waals surface area (Å²) in [6.45, 7) is 6.87. The van der Waals surface area contributed by atoms with E-state index in [1.54, 1.807) is 0 Å². The molecule has 1 aliphatic heterocycles. The second kappa shape index (κ2) is 5.41. The molecule has 1 unspecified atom stereocenters. The molecule has 1 aromatic rings. The van der Waals surface area contributed by atoms with Crippen molar-refractivity contribution in [1.82, 2.24) is 9.88 Å². The molecule has 1 aliphatic rings. The smallest absolute Gasteiger partial charge is 0.138 e. The van der Waals surface area contributed by atoms with Crippen molar-refractivity contribution < 1.29 is 4.79 Å². The zero-order valence-corrected chi connectivity index (χ0v) is 10.6. The molecule has 1 fully saturated rings. The number of hydrogen-bond donors (Lipinski definition) is 0. The van der Waals surface area contributed by atoms with Crippen LogP contribution in [0.25, 0.3) is 0 Å². The largest absolute Gasteiger partial charge is 0.299 e. The molecule has 0 aromatic carbocycles. The SMILES string of the molecule is CCC1CN(Cc2cncc(C)c2)CCC1=O. The molecule has 2 heterocycles. The van der Waals surface area contributed by atoms with Gasteiger partial charge in [0.25, 0.3) is 0 Å². The van der Waals surface area contributed by atoms with Gasteiger partial charge in [-0.15, -0.1) is 0 Å². The summed E-state index contributed by atoms with van der Waals surface area (Å²) in [5.41, 5.74) is 2.44. The maximum absolute atomic E-state index is 11.6. The molecule has 3 heteroatoms. The summed E-state index contributed by atoms with van der Waals surface area (Å²) in [7, 11) is 0. The molecule has 0 N–H and O–H groups in total. The molecule has 92 valence electrons. The van der Waals surface area contributed by atoms with Crippen LogP contribution in [0.1, 0.15) is 30.9 Å². The minimum Gasteiger partial charge on any atom is -0.299 e. The minimum atomic E-state index is 0.238. The number of aryl methyl sites for hydroxylation is 1. The fraction of sp³-hybridized carbons (Fsp3) is 0.571. The average Bonchev–Trinajstić information content (AvgIpc) is 2.32. The lowest BCUT2D eigenvalue weighted by molar-refractivity contribution is -0.126. The molecule has 1 saturated heterocycles. The number of carbonyl (C=O) groups is 1. The molecule has 17 heavy (non-hydrogen) atoms. The van der Waals surface area contributed by atoms with Gasteiger partial charge in [-0.1, -0.05) is 13.0 Å². The quantitative estimate of drug-likeness (QED) is 0.801. The molecule has 2 rings (SSSR count). The normalized spacial score (nSPS) is 21.8. The first-order chi connectivity index (χ1) is 8.19. The Morgan fingerprint density at radius 1 is 1.47 bits per heavy atom. The van der Waals surface area contributed by atoms with Gasteiger partial charge >= 0.3 is 0 Å². The van der Waals surface area contributed by atoms with Gasteiger partial charge in [-0.3, -0.25) is 14.7 Å². The maximum Gasteiger partial charge on any atom is 0.138 e. The Labute approximate surface area is 103 Å². The fourth-order valence-corrected chi connectivity index (χ4v) is 2.44. The molecule has 0 bridgehead atoms. The number of rotatable bonds is 3. The number of nitrogens with zero attached hydrogens (tertiary/aromatic N) is 2. The monoisotopic (exact) mass is 232 g/mol. The van der Waals surface area contributed by atoms with E-state index in [4.69, 9.17) is 0 Å². The van der Waals surface area contributed by atoms with Crippen LogP contribution in [0.5, 0.6) is 0 Å². The predicted molar refractivity (Wildman–Crippen MR) is 67.7 cm³/mol. The first kappa shape index (κ1) is 12.2. The third-order valence-electron chi connectivity index (χ3n) is 3.44. The Morgan fingerprint density at radius 2 is 2.29 bits per heavy atom. The number of pyridine rings is 1. The Morgan fingerprint density at radius 3 is 3.00 bits per heavy atom. The number of hydrogen-bond acceptors (Lipinski definition) is 3. The van der Waals surface area contributed by atoms with Crippen molar-refractivity contribution >= 4 is 5.78 Å². The lowest BCUT2D eigenvalue weighted by Crippen LogP contribution is -2.40. The van der Waals surface area contributed by atoms with Crippen molar-refractivity contribution in [3.05, 3.63) is 29.6 Å². The van der Waals surface area contributed by atoms with Crippen LogP contribution in [0, 0.1) is 12.8 Å². The highest BCUT2D eigenvalue weighted by Gasteiger charge is 2.25. The van der Waals surface area contributed by atoms with Gasteiger partial charge in [-0.25, -0.2) is 0 Å². The molecule has 0 aliphatic carbocycles. The average molecular weight is 232 g/mol. The molecular formula is C14H20N2O. The van der Waals surface area contributed by atoms with E-state index in [1.165, 1.54) is 11.1 Å². The van der Waals surface area contributed by atoms with E-state index in [0.717, 1.165) is 26.1 Å². The molecule has 0 saturated carbocycles. The number of likely N-dealkylation sites (tertiary alicyclic amines) is 1. The number of aromatic nitrogens is 1. The van der Waals surface area contributed by atoms with E-state index in [9.17, 15) is 4.79 Å². The van der Waals surface area contributed by atoms with Gasteiger partial charge in [-0.2, -0.15) is 0 Å². The van der Waals surface area contributed by atoms with Crippen molar-refractivity contribution in [3.8, 4) is 0 Å². The van der Waals surface area contributed by atoms with Gasteiger partial charge in [0.1, 0.15) is 5.78 Å². The summed E-state index contributed by atoms with van der Waals surface area (Å²) in [5.74, 6) is 0.674. The van der Waals surface area contributed by atoms with Crippen molar-refractivity contribution in [2.45, 2.75) is 33.2 Å². The van der Waals surface area contributed by atoms with E-state index >= 15 is 0 Å². The van der Waals surface area contributed by atoms with Gasteiger partial charge in [0, 0.05) is 44.4 Å². The van der Waals surface area contributed by atoms with Gasteiger partial charge in [0.15, 0.2) is 0 Å². The predicted octanol–water partition coefficient (Wildman–Crippen LogP) is 2.19. The molecule has 0 amide bonds. The molecule has 0 spiro atoms. The Balaban J connectivity index is 1.98. The van der Waals surface area contributed by atoms with E-state index in [0.29, 0.717) is 12.2 Å². The zero-order chi connectivity index (χ0) is 12.3. The number of carbonyl (C=O) groups excluding carboxylic acids is 1. The Kier molecular flexibility index (Phi) is 3.89. The van der Waals surface area contributed by atoms with E-state index < -0.39 is 0 Å². The maximum atomic E-state index is 11.6. The van der Waals surface area contributed by atoms with Gasteiger partial charge in [0.2, 0.25) is 0 Å². The summed E-state index contributed by atoms with van der Waals surface area (Å²) < 4.78 is 0. The Hall–Kier alpha value is -1.22. The van der Waals surface area contributed by atoms with Gasteiger partial charge in [-0.05, 0) is 24.5 Å². The van der Waals surface area contributed by atoms with Crippen molar-refractivity contribution in [2.24, 2.45) is 5.92 Å². The highest BCUT2D eigenvalue weighted by Crippen LogP contribution is 2.18. The highest BCUT2D eigenvalue weighted by molar-refractivity contribution is 5.82. The second-order valence-electron chi connectivity index (χ2n) is 4.93. The molecule has 1 atom stereocenters. The lowest BCUT2D eigenvalue weighted by Gasteiger charge is -2.31. The number of piperidine rings is 1. The second-order valence-corrected chi connectivity index (χ2v) is 4.93. The van der Waals surface area contributed by atoms with E-state index in [1.807, 2.05) is 12.4 Å². The summed E-state index contributed by atoms with van der Waals surface area (Å²) in [4.78, 5) is 18.2. The van der Waals surface area contributed by atoms with Crippen LogP contribution in [-0.2, 0) is 11.3 Å². The van der Waals surface area contributed by atoms with Crippen LogP contribution >= 0.6 is 0 Å². The third-order valence-corrected chi connectivity index (χ3v) is 3.44. The summed E-state index contributed by atoms with van der Waals surface area (Å²) in [6.07, 6.45) is 5.46. The molecule has 3 nitrogen and oxygen atoms in total. The van der Waals surface area contributed by atoms with Crippen LogP contribution in [0.15, 0.2) is 18.5 Å².